The number of halogens is 1. The number of hydrogen-bond acceptors (Lipinski definition) is 3. The van der Waals surface area contributed by atoms with Crippen molar-refractivity contribution in [1.29, 1.82) is 0 Å². The van der Waals surface area contributed by atoms with Crippen LogP contribution in [0.4, 0.5) is 4.39 Å². The summed E-state index contributed by atoms with van der Waals surface area (Å²) in [6.45, 7) is 4.04. The summed E-state index contributed by atoms with van der Waals surface area (Å²) in [7, 11) is 0. The number of aromatic nitrogens is 5. The van der Waals surface area contributed by atoms with Gasteiger partial charge in [0.25, 0.3) is 0 Å². The van der Waals surface area contributed by atoms with Gasteiger partial charge in [0.15, 0.2) is 0 Å². The van der Waals surface area contributed by atoms with Crippen molar-refractivity contribution >= 4 is 10.9 Å². The molecule has 0 atom stereocenters. The highest BCUT2D eigenvalue weighted by atomic mass is 19.1. The third kappa shape index (κ3) is 2.33. The average Bonchev–Trinajstić information content (AvgIpc) is 3.27. The molecule has 0 aliphatic carbocycles. The number of hydrogen-bond donors (Lipinski definition) is 1. The summed E-state index contributed by atoms with van der Waals surface area (Å²) < 4.78 is 16.6. The Balaban J connectivity index is 2.21. The molecule has 0 bridgehead atoms. The molecule has 0 aliphatic rings. The Labute approximate surface area is 144 Å². The number of para-hydroxylation sites is 1. The van der Waals surface area contributed by atoms with Crippen molar-refractivity contribution in [2.45, 2.75) is 26.7 Å². The lowest BCUT2D eigenvalue weighted by atomic mass is 10.0. The van der Waals surface area contributed by atoms with Crippen molar-refractivity contribution < 1.29 is 4.39 Å². The summed E-state index contributed by atoms with van der Waals surface area (Å²) in [6, 6.07) is 13.4. The number of aryl methyl sites for hydroxylation is 2. The van der Waals surface area contributed by atoms with Gasteiger partial charge < -0.3 is 4.57 Å². The molecule has 0 saturated heterocycles. The van der Waals surface area contributed by atoms with Crippen LogP contribution < -0.4 is 0 Å². The summed E-state index contributed by atoms with van der Waals surface area (Å²) in [5.74, 6) is 0.342. The van der Waals surface area contributed by atoms with Crippen LogP contribution in [0.1, 0.15) is 25.0 Å². The van der Waals surface area contributed by atoms with Crippen LogP contribution >= 0.6 is 0 Å². The fourth-order valence-corrected chi connectivity index (χ4v) is 3.54. The molecule has 0 spiro atoms. The Hall–Kier alpha value is -3.02. The fraction of sp³-hybridized carbons (Fsp3) is 0.211. The van der Waals surface area contributed by atoms with Gasteiger partial charge in [-0.2, -0.15) is 5.21 Å². The molecule has 2 aromatic heterocycles. The van der Waals surface area contributed by atoms with Gasteiger partial charge in [0.1, 0.15) is 5.82 Å². The van der Waals surface area contributed by atoms with Gasteiger partial charge in [-0.3, -0.25) is 0 Å². The zero-order chi connectivity index (χ0) is 17.4. The van der Waals surface area contributed by atoms with E-state index in [9.17, 15) is 4.39 Å². The van der Waals surface area contributed by atoms with Crippen LogP contribution in [0.5, 0.6) is 0 Å². The zero-order valence-corrected chi connectivity index (χ0v) is 14.1. The number of nitrogens with zero attached hydrogens (tertiary/aromatic N) is 4. The first-order valence-electron chi connectivity index (χ1n) is 8.40. The first kappa shape index (κ1) is 15.5. The van der Waals surface area contributed by atoms with E-state index >= 15 is 0 Å². The maximum absolute atomic E-state index is 14.5. The minimum atomic E-state index is -0.172. The maximum atomic E-state index is 14.5. The van der Waals surface area contributed by atoms with E-state index in [0.29, 0.717) is 12.2 Å². The van der Waals surface area contributed by atoms with Gasteiger partial charge in [-0.15, -0.1) is 10.2 Å². The molecule has 2 aromatic carbocycles. The Morgan fingerprint density at radius 2 is 1.76 bits per heavy atom. The monoisotopic (exact) mass is 335 g/mol. The highest BCUT2D eigenvalue weighted by Gasteiger charge is 2.24. The Morgan fingerprint density at radius 3 is 2.40 bits per heavy atom. The van der Waals surface area contributed by atoms with Gasteiger partial charge in [-0.05, 0) is 53.4 Å². The summed E-state index contributed by atoms with van der Waals surface area (Å²) in [4.78, 5) is 0. The van der Waals surface area contributed by atoms with Crippen molar-refractivity contribution in [1.82, 2.24) is 25.2 Å². The van der Waals surface area contributed by atoms with E-state index in [2.05, 4.69) is 32.1 Å². The second-order valence-corrected chi connectivity index (χ2v) is 5.86. The predicted molar refractivity (Wildman–Crippen MR) is 95.2 cm³/mol. The van der Waals surface area contributed by atoms with Crippen molar-refractivity contribution in [3.63, 3.8) is 0 Å². The highest BCUT2D eigenvalue weighted by molar-refractivity contribution is 5.95. The molecule has 2 heterocycles. The Bertz CT molecular complexity index is 1020. The lowest BCUT2D eigenvalue weighted by Gasteiger charge is -2.09. The topological polar surface area (TPSA) is 59.4 Å². The predicted octanol–water partition coefficient (Wildman–Crippen LogP) is 4.07. The van der Waals surface area contributed by atoms with E-state index in [-0.39, 0.29) is 5.82 Å². The number of tetrazole rings is 1. The van der Waals surface area contributed by atoms with Crippen LogP contribution in [0.25, 0.3) is 28.1 Å². The molecule has 5 nitrogen and oxygen atoms in total. The van der Waals surface area contributed by atoms with E-state index in [1.165, 1.54) is 0 Å². The first-order valence-corrected chi connectivity index (χ1v) is 8.40. The van der Waals surface area contributed by atoms with Crippen LogP contribution in [0, 0.1) is 5.82 Å². The van der Waals surface area contributed by atoms with Crippen LogP contribution in [-0.2, 0) is 12.8 Å². The van der Waals surface area contributed by atoms with Crippen LogP contribution in [0.2, 0.25) is 0 Å². The van der Waals surface area contributed by atoms with Gasteiger partial charge in [0.05, 0.1) is 11.2 Å². The fourth-order valence-electron chi connectivity index (χ4n) is 3.54. The van der Waals surface area contributed by atoms with Crippen molar-refractivity contribution in [3.05, 3.63) is 59.4 Å². The standard InChI is InChI=1S/C19H18FN5/c1-3-13-15(20)10-11-16-17(13)14(4-2)18(19-21-23-24-22-19)25(16)12-8-6-5-7-9-12/h5-11H,3-4H2,1-2H3,(H,21,22,23,24). The van der Waals surface area contributed by atoms with E-state index in [4.69, 9.17) is 0 Å². The van der Waals surface area contributed by atoms with Crippen molar-refractivity contribution in [2.24, 2.45) is 0 Å². The van der Waals surface area contributed by atoms with Crippen molar-refractivity contribution in [3.8, 4) is 17.2 Å². The number of rotatable bonds is 4. The minimum Gasteiger partial charge on any atom is -0.306 e. The van der Waals surface area contributed by atoms with Gasteiger partial charge in [-0.1, -0.05) is 32.0 Å². The van der Waals surface area contributed by atoms with Gasteiger partial charge >= 0.3 is 0 Å². The van der Waals surface area contributed by atoms with E-state index < -0.39 is 0 Å². The molecule has 0 amide bonds. The number of benzene rings is 2. The second kappa shape index (κ2) is 6.12. The van der Waals surface area contributed by atoms with Gasteiger partial charge in [0.2, 0.25) is 5.82 Å². The molecule has 4 rings (SSSR count). The first-order chi connectivity index (χ1) is 12.3. The molecule has 126 valence electrons. The van der Waals surface area contributed by atoms with Crippen LogP contribution in [0.3, 0.4) is 0 Å². The largest absolute Gasteiger partial charge is 0.306 e. The maximum Gasteiger partial charge on any atom is 0.221 e. The minimum absolute atomic E-state index is 0.172. The zero-order valence-electron chi connectivity index (χ0n) is 14.1. The number of nitrogens with one attached hydrogen (secondary N) is 1. The molecule has 0 unspecified atom stereocenters. The molecule has 0 fully saturated rings. The molecule has 1 N–H and O–H groups in total. The van der Waals surface area contributed by atoms with E-state index in [1.54, 1.807) is 6.07 Å². The average molecular weight is 335 g/mol. The number of fused-ring (bicyclic) bond motifs is 1. The third-order valence-corrected chi connectivity index (χ3v) is 4.56. The Kier molecular flexibility index (Phi) is 3.80. The number of aromatic amines is 1. The molecule has 0 radical (unpaired) electrons. The lowest BCUT2D eigenvalue weighted by molar-refractivity contribution is 0.615. The summed E-state index contributed by atoms with van der Waals surface area (Å²) >= 11 is 0. The van der Waals surface area contributed by atoms with Gasteiger partial charge in [0, 0.05) is 11.1 Å². The smallest absolute Gasteiger partial charge is 0.221 e. The summed E-state index contributed by atoms with van der Waals surface area (Å²) in [6.07, 6.45) is 1.37. The molecule has 25 heavy (non-hydrogen) atoms. The molecule has 6 heteroatoms. The van der Waals surface area contributed by atoms with Crippen molar-refractivity contribution in [2.75, 3.05) is 0 Å². The Morgan fingerprint density at radius 1 is 1.00 bits per heavy atom. The van der Waals surface area contributed by atoms with Crippen LogP contribution in [0.15, 0.2) is 42.5 Å². The molecule has 0 aliphatic heterocycles. The number of H-pyrrole nitrogens is 1. The van der Waals surface area contributed by atoms with Crippen LogP contribution in [-0.4, -0.2) is 25.2 Å². The lowest BCUT2D eigenvalue weighted by Crippen LogP contribution is -1.99. The van der Waals surface area contributed by atoms with E-state index in [0.717, 1.165) is 39.8 Å². The summed E-state index contributed by atoms with van der Waals surface area (Å²) in [5.41, 5.74) is 4.57. The molecular formula is C19H18FN5. The van der Waals surface area contributed by atoms with E-state index in [1.807, 2.05) is 43.3 Å². The molecular weight excluding hydrogens is 317 g/mol. The summed E-state index contributed by atoms with van der Waals surface area (Å²) in [5, 5.41) is 15.6. The van der Waals surface area contributed by atoms with Gasteiger partial charge in [-0.25, -0.2) is 4.39 Å². The highest BCUT2D eigenvalue weighted by Crippen LogP contribution is 2.37. The quantitative estimate of drug-likeness (QED) is 0.611. The third-order valence-electron chi connectivity index (χ3n) is 4.56. The normalized spacial score (nSPS) is 11.3. The molecule has 0 saturated carbocycles. The molecule has 4 aromatic rings. The SMILES string of the molecule is CCc1c(F)ccc2c1c(CC)c(-c1nn[nH]n1)n2-c1ccccc1. The second-order valence-electron chi connectivity index (χ2n) is 5.86.